The highest BCUT2D eigenvalue weighted by Gasteiger charge is 2.54. The number of hydrogen-bond acceptors (Lipinski definition) is 5. The predicted molar refractivity (Wildman–Crippen MR) is 122 cm³/mol. The first-order chi connectivity index (χ1) is 16.0. The molecule has 0 aliphatic carbocycles. The van der Waals surface area contributed by atoms with Crippen molar-refractivity contribution in [3.63, 3.8) is 0 Å². The van der Waals surface area contributed by atoms with E-state index in [9.17, 15) is 19.5 Å². The number of hydrogen-bond donors (Lipinski definition) is 3. The molecule has 1 fully saturated rings. The molecule has 1 saturated heterocycles. The number of nitrogens with zero attached hydrogens (tertiary/aromatic N) is 2. The van der Waals surface area contributed by atoms with Gasteiger partial charge in [-0.3, -0.25) is 4.79 Å². The van der Waals surface area contributed by atoms with Crippen molar-refractivity contribution in [3.8, 4) is 0 Å². The van der Waals surface area contributed by atoms with Crippen LogP contribution in [0.3, 0.4) is 0 Å². The molecule has 4 rings (SSSR count). The number of imide groups is 1. The maximum absolute atomic E-state index is 12.9. The average molecular weight is 444 g/mol. The monoisotopic (exact) mass is 444 g/mol. The number of aromatic nitrogens is 1. The summed E-state index contributed by atoms with van der Waals surface area (Å²) in [5.41, 5.74) is 8.37. The van der Waals surface area contributed by atoms with Crippen molar-refractivity contribution in [2.75, 3.05) is 12.3 Å². The first-order valence-electron chi connectivity index (χ1n) is 10.6. The molecular formula is C25H24N4O4. The zero-order chi connectivity index (χ0) is 23.4. The molecule has 2 aromatic carbocycles. The van der Waals surface area contributed by atoms with Gasteiger partial charge in [0.25, 0.3) is 0 Å². The predicted octanol–water partition coefficient (Wildman–Crippen LogP) is 2.66. The summed E-state index contributed by atoms with van der Waals surface area (Å²) in [5, 5.41) is 12.5. The molecule has 8 nitrogen and oxygen atoms in total. The minimum atomic E-state index is -1.24. The van der Waals surface area contributed by atoms with Gasteiger partial charge in [0.2, 0.25) is 5.91 Å². The van der Waals surface area contributed by atoms with Gasteiger partial charge in [0.05, 0.1) is 5.92 Å². The number of nitrogen functional groups attached to an aromatic ring is 1. The van der Waals surface area contributed by atoms with Crippen LogP contribution in [0.5, 0.6) is 0 Å². The van der Waals surface area contributed by atoms with Crippen molar-refractivity contribution in [2.45, 2.75) is 18.4 Å². The lowest BCUT2D eigenvalue weighted by molar-refractivity contribution is -0.165. The van der Waals surface area contributed by atoms with Crippen LogP contribution in [0.15, 0.2) is 79.0 Å². The zero-order valence-electron chi connectivity index (χ0n) is 17.8. The summed E-state index contributed by atoms with van der Waals surface area (Å²) in [6.07, 6.45) is 1.67. The van der Waals surface area contributed by atoms with Gasteiger partial charge in [-0.25, -0.2) is 19.5 Å². The minimum Gasteiger partial charge on any atom is -0.480 e. The zero-order valence-corrected chi connectivity index (χ0v) is 17.8. The Balaban J connectivity index is 1.47. The van der Waals surface area contributed by atoms with Crippen molar-refractivity contribution >= 4 is 23.7 Å². The Morgan fingerprint density at radius 2 is 1.64 bits per heavy atom. The Hall–Kier alpha value is -4.20. The fourth-order valence-electron chi connectivity index (χ4n) is 4.21. The number of carbonyl (C=O) groups excluding carboxylic acids is 2. The molecule has 2 unspecified atom stereocenters. The van der Waals surface area contributed by atoms with Crippen LogP contribution in [0.2, 0.25) is 0 Å². The molecular weight excluding hydrogens is 420 g/mol. The molecule has 0 spiro atoms. The summed E-state index contributed by atoms with van der Waals surface area (Å²) in [6, 6.07) is 20.7. The highest BCUT2D eigenvalue weighted by molar-refractivity contribution is 6.07. The molecule has 3 amide bonds. The number of carbonyl (C=O) groups is 3. The van der Waals surface area contributed by atoms with E-state index in [2.05, 4.69) is 10.3 Å². The molecule has 0 radical (unpaired) electrons. The second-order valence-electron chi connectivity index (χ2n) is 7.95. The van der Waals surface area contributed by atoms with E-state index in [4.69, 9.17) is 5.73 Å². The number of nitrogens with two attached hydrogens (primary N) is 1. The second kappa shape index (κ2) is 9.52. The molecule has 2 atom stereocenters. The number of pyridine rings is 1. The van der Waals surface area contributed by atoms with Crippen molar-refractivity contribution in [1.82, 2.24) is 15.2 Å². The third-order valence-corrected chi connectivity index (χ3v) is 5.85. The van der Waals surface area contributed by atoms with Crippen LogP contribution in [-0.2, 0) is 16.0 Å². The SMILES string of the molecule is Nc1cc(CC2C(=O)N(C(=O)NCC(c3ccccc3)c3ccccc3)C2C(=O)O)ccn1. The van der Waals surface area contributed by atoms with Gasteiger partial charge in [-0.1, -0.05) is 60.7 Å². The van der Waals surface area contributed by atoms with E-state index in [1.54, 1.807) is 12.1 Å². The topological polar surface area (TPSA) is 126 Å². The number of urea groups is 1. The quantitative estimate of drug-likeness (QED) is 0.481. The summed E-state index contributed by atoms with van der Waals surface area (Å²) < 4.78 is 0. The first-order valence-corrected chi connectivity index (χ1v) is 10.6. The number of benzene rings is 2. The Labute approximate surface area is 191 Å². The van der Waals surface area contributed by atoms with Crippen LogP contribution in [0, 0.1) is 5.92 Å². The van der Waals surface area contributed by atoms with Gasteiger partial charge in [-0.05, 0) is 35.2 Å². The lowest BCUT2D eigenvalue weighted by atomic mass is 9.82. The van der Waals surface area contributed by atoms with E-state index in [1.165, 1.54) is 6.20 Å². The molecule has 0 bridgehead atoms. The van der Waals surface area contributed by atoms with E-state index in [0.717, 1.165) is 16.0 Å². The lowest BCUT2D eigenvalue weighted by Gasteiger charge is -2.43. The van der Waals surface area contributed by atoms with Gasteiger partial charge in [-0.2, -0.15) is 0 Å². The van der Waals surface area contributed by atoms with Crippen LogP contribution in [0.1, 0.15) is 22.6 Å². The molecule has 168 valence electrons. The number of nitrogens with one attached hydrogen (secondary N) is 1. The van der Waals surface area contributed by atoms with Crippen molar-refractivity contribution in [1.29, 1.82) is 0 Å². The first kappa shape index (κ1) is 22.0. The van der Waals surface area contributed by atoms with Gasteiger partial charge in [0, 0.05) is 18.7 Å². The van der Waals surface area contributed by atoms with Gasteiger partial charge in [-0.15, -0.1) is 0 Å². The van der Waals surface area contributed by atoms with Crippen LogP contribution in [0.25, 0.3) is 0 Å². The number of anilines is 1. The van der Waals surface area contributed by atoms with Gasteiger partial charge in [0.15, 0.2) is 6.04 Å². The summed E-state index contributed by atoms with van der Waals surface area (Å²) in [7, 11) is 0. The molecule has 3 aromatic rings. The maximum atomic E-state index is 12.9. The highest BCUT2D eigenvalue weighted by Crippen LogP contribution is 2.31. The highest BCUT2D eigenvalue weighted by atomic mass is 16.4. The molecule has 1 aliphatic rings. The number of carboxylic acids is 1. The van der Waals surface area contributed by atoms with Gasteiger partial charge in [0.1, 0.15) is 5.82 Å². The van der Waals surface area contributed by atoms with E-state index in [1.807, 2.05) is 60.7 Å². The van der Waals surface area contributed by atoms with Crippen molar-refractivity contribution < 1.29 is 19.5 Å². The fraction of sp³-hybridized carbons (Fsp3) is 0.200. The van der Waals surface area contributed by atoms with E-state index < -0.39 is 29.9 Å². The standard InChI is InChI=1S/C25H24N4O4/c26-21-14-16(11-12-27-21)13-19-22(24(31)32)29(23(19)30)25(33)28-15-20(17-7-3-1-4-8-17)18-9-5-2-6-10-18/h1-12,14,19-20,22H,13,15H2,(H2,26,27)(H,28,33)(H,31,32). The fourth-order valence-corrected chi connectivity index (χ4v) is 4.21. The van der Waals surface area contributed by atoms with Crippen molar-refractivity contribution in [2.24, 2.45) is 5.92 Å². The van der Waals surface area contributed by atoms with Crippen LogP contribution in [-0.4, -0.2) is 45.5 Å². The van der Waals surface area contributed by atoms with E-state index >= 15 is 0 Å². The number of amides is 3. The van der Waals surface area contributed by atoms with Gasteiger partial charge < -0.3 is 16.2 Å². The Bertz CT molecular complexity index is 1110. The van der Waals surface area contributed by atoms with Crippen LogP contribution in [0.4, 0.5) is 10.6 Å². The molecule has 1 aromatic heterocycles. The Kier molecular flexibility index (Phi) is 6.35. The molecule has 0 saturated carbocycles. The average Bonchev–Trinajstić information content (AvgIpc) is 2.82. The minimum absolute atomic E-state index is 0.147. The van der Waals surface area contributed by atoms with E-state index in [-0.39, 0.29) is 24.7 Å². The molecule has 33 heavy (non-hydrogen) atoms. The second-order valence-corrected chi connectivity index (χ2v) is 7.95. The summed E-state index contributed by atoms with van der Waals surface area (Å²) >= 11 is 0. The summed E-state index contributed by atoms with van der Waals surface area (Å²) in [4.78, 5) is 42.2. The lowest BCUT2D eigenvalue weighted by Crippen LogP contribution is -2.68. The number of rotatable bonds is 7. The largest absolute Gasteiger partial charge is 0.480 e. The van der Waals surface area contributed by atoms with E-state index in [0.29, 0.717) is 5.56 Å². The summed E-state index contributed by atoms with van der Waals surface area (Å²) in [5.74, 6) is -2.44. The maximum Gasteiger partial charge on any atom is 0.327 e. The smallest absolute Gasteiger partial charge is 0.327 e. The number of β-lactam (4-membered cyclic amide) rings is 1. The Morgan fingerprint density at radius 3 is 2.18 bits per heavy atom. The van der Waals surface area contributed by atoms with Crippen molar-refractivity contribution in [3.05, 3.63) is 95.7 Å². The summed E-state index contributed by atoms with van der Waals surface area (Å²) in [6.45, 7) is 0.217. The van der Waals surface area contributed by atoms with Crippen LogP contribution >= 0.6 is 0 Å². The molecule has 1 aliphatic heterocycles. The normalized spacial score (nSPS) is 17.5. The number of carboxylic acid groups (broad SMARTS) is 1. The number of aliphatic carboxylic acids is 1. The molecule has 4 N–H and O–H groups in total. The van der Waals surface area contributed by atoms with Crippen LogP contribution < -0.4 is 11.1 Å². The third-order valence-electron chi connectivity index (χ3n) is 5.85. The van der Waals surface area contributed by atoms with Gasteiger partial charge >= 0.3 is 12.0 Å². The molecule has 8 heteroatoms. The Morgan fingerprint density at radius 1 is 1.03 bits per heavy atom. The number of likely N-dealkylation sites (tertiary alicyclic amines) is 1. The third kappa shape index (κ3) is 4.69. The molecule has 2 heterocycles.